The van der Waals surface area contributed by atoms with E-state index in [0.29, 0.717) is 19.4 Å². The van der Waals surface area contributed by atoms with Gasteiger partial charge < -0.3 is 20.3 Å². The summed E-state index contributed by atoms with van der Waals surface area (Å²) in [6, 6.07) is -0.630. The second kappa shape index (κ2) is 76.3. The van der Waals surface area contributed by atoms with Crippen LogP contribution >= 0.6 is 0 Å². The lowest BCUT2D eigenvalue weighted by Crippen LogP contribution is -2.45. The van der Waals surface area contributed by atoms with Crippen molar-refractivity contribution >= 4 is 11.9 Å². The second-order valence-electron chi connectivity index (χ2n) is 27.0. The van der Waals surface area contributed by atoms with E-state index >= 15 is 0 Å². The Hall–Kier alpha value is -2.18. The highest BCUT2D eigenvalue weighted by Crippen LogP contribution is 2.19. The van der Waals surface area contributed by atoms with Gasteiger partial charge in [-0.2, -0.15) is 0 Å². The van der Waals surface area contributed by atoms with Gasteiger partial charge in [-0.25, -0.2) is 0 Å². The van der Waals surface area contributed by atoms with Gasteiger partial charge in [0.05, 0.1) is 25.4 Å². The zero-order valence-corrected chi connectivity index (χ0v) is 58.8. The Morgan fingerprint density at radius 2 is 0.575 bits per heavy atom. The van der Waals surface area contributed by atoms with Gasteiger partial charge in [-0.1, -0.05) is 377 Å². The minimum absolute atomic E-state index is 0.00543. The van der Waals surface area contributed by atoms with Crippen LogP contribution in [0.5, 0.6) is 0 Å². The summed E-state index contributed by atoms with van der Waals surface area (Å²) in [5.74, 6) is -0.0575. The van der Waals surface area contributed by atoms with E-state index in [-0.39, 0.29) is 18.5 Å². The first-order valence-corrected chi connectivity index (χ1v) is 39.4. The van der Waals surface area contributed by atoms with Crippen LogP contribution in [-0.2, 0) is 14.3 Å². The van der Waals surface area contributed by atoms with Gasteiger partial charge in [0.2, 0.25) is 5.91 Å². The molecule has 0 saturated carbocycles. The average Bonchev–Trinajstić information content (AvgIpc) is 3.53. The number of hydrogen-bond donors (Lipinski definition) is 3. The van der Waals surface area contributed by atoms with Crippen molar-refractivity contribution in [2.75, 3.05) is 13.2 Å². The molecule has 3 N–H and O–H groups in total. The maximum Gasteiger partial charge on any atom is 0.305 e. The van der Waals surface area contributed by atoms with Crippen LogP contribution < -0.4 is 5.32 Å². The number of carbonyl (C=O) groups is 2. The highest BCUT2D eigenvalue weighted by Gasteiger charge is 2.18. The molecule has 0 aromatic heterocycles. The first kappa shape index (κ1) is 84.8. The minimum atomic E-state index is -0.846. The number of nitrogens with one attached hydrogen (secondary N) is 1. The van der Waals surface area contributed by atoms with E-state index in [1.165, 1.54) is 353 Å². The van der Waals surface area contributed by atoms with Crippen molar-refractivity contribution < 1.29 is 24.5 Å². The van der Waals surface area contributed by atoms with Gasteiger partial charge in [0.1, 0.15) is 0 Å². The maximum absolute atomic E-state index is 12.6. The minimum Gasteiger partial charge on any atom is -0.466 e. The molecule has 1 amide bonds. The fourth-order valence-corrected chi connectivity index (χ4v) is 12.3. The van der Waals surface area contributed by atoms with E-state index < -0.39 is 12.1 Å². The molecule has 0 saturated heterocycles. The van der Waals surface area contributed by atoms with Crippen LogP contribution in [0.15, 0.2) is 48.6 Å². The van der Waals surface area contributed by atoms with Crippen LogP contribution in [0, 0.1) is 0 Å². The number of carbonyl (C=O) groups excluding carboxylic acids is 2. The lowest BCUT2D eigenvalue weighted by molar-refractivity contribution is -0.143. The van der Waals surface area contributed by atoms with Gasteiger partial charge in [0.15, 0.2) is 0 Å². The molecule has 2 unspecified atom stereocenters. The van der Waals surface area contributed by atoms with E-state index in [1.54, 1.807) is 6.08 Å². The summed E-state index contributed by atoms with van der Waals surface area (Å²) < 4.78 is 5.49. The fraction of sp³-hybridized carbons (Fsp3) is 0.877. The highest BCUT2D eigenvalue weighted by molar-refractivity contribution is 5.76. The molecule has 512 valence electrons. The number of ether oxygens (including phenoxy) is 1. The summed E-state index contributed by atoms with van der Waals surface area (Å²) in [7, 11) is 0. The number of unbranched alkanes of at least 4 members (excludes halogenated alkanes) is 57. The molecule has 0 rings (SSSR count). The number of esters is 1. The fourth-order valence-electron chi connectivity index (χ4n) is 12.3. The molecule has 0 radical (unpaired) electrons. The Bertz CT molecular complexity index is 1450. The van der Waals surface area contributed by atoms with Gasteiger partial charge in [-0.15, -0.1) is 0 Å². The van der Waals surface area contributed by atoms with Crippen LogP contribution in [0.4, 0.5) is 0 Å². The molecule has 0 aromatic rings. The number of allylic oxidation sites excluding steroid dienone is 7. The summed E-state index contributed by atoms with van der Waals surface area (Å²) in [6.45, 7) is 4.93. The van der Waals surface area contributed by atoms with Crippen LogP contribution in [0.2, 0.25) is 0 Å². The Kier molecular flexibility index (Phi) is 74.4. The topological polar surface area (TPSA) is 95.9 Å². The molecular weight excluding hydrogens is 1070 g/mol. The number of hydrogen-bond acceptors (Lipinski definition) is 5. The monoisotopic (exact) mass is 1220 g/mol. The first-order valence-electron chi connectivity index (χ1n) is 39.4. The molecule has 0 fully saturated rings. The molecule has 0 aliphatic heterocycles. The molecule has 0 heterocycles. The molecule has 2 atom stereocenters. The predicted octanol–water partition coefficient (Wildman–Crippen LogP) is 26.0. The molecular formula is C81H153NO5. The SMILES string of the molecule is CCCCCCCC/C=C\CCCCCCCC(=O)OCCCCCCCCCCC/C=C\C/C=C\CCCCCCCCCCCCCCCCCC(=O)NC(CO)C(O)/C=C/CCCCCCCCCCCCCCCCCCCCCCCC. The van der Waals surface area contributed by atoms with Crippen molar-refractivity contribution in [3.05, 3.63) is 48.6 Å². The van der Waals surface area contributed by atoms with Crippen LogP contribution in [0.3, 0.4) is 0 Å². The average molecular weight is 1220 g/mol. The smallest absolute Gasteiger partial charge is 0.305 e. The molecule has 0 bridgehead atoms. The third-order valence-electron chi connectivity index (χ3n) is 18.3. The summed E-state index contributed by atoms with van der Waals surface area (Å²) in [4.78, 5) is 24.6. The maximum atomic E-state index is 12.6. The number of aliphatic hydroxyl groups is 2. The van der Waals surface area contributed by atoms with Crippen molar-refractivity contribution in [1.82, 2.24) is 5.32 Å². The van der Waals surface area contributed by atoms with Gasteiger partial charge >= 0.3 is 5.97 Å². The quantitative estimate of drug-likeness (QED) is 0.0320. The molecule has 87 heavy (non-hydrogen) atoms. The van der Waals surface area contributed by atoms with Gasteiger partial charge in [-0.05, 0) is 89.9 Å². The van der Waals surface area contributed by atoms with Crippen molar-refractivity contribution in [2.45, 2.75) is 443 Å². The van der Waals surface area contributed by atoms with Crippen LogP contribution in [0.25, 0.3) is 0 Å². The molecule has 0 aromatic carbocycles. The molecule has 0 aliphatic carbocycles. The molecule has 0 aliphatic rings. The van der Waals surface area contributed by atoms with E-state index in [0.717, 1.165) is 51.4 Å². The third kappa shape index (κ3) is 72.8. The lowest BCUT2D eigenvalue weighted by atomic mass is 10.0. The standard InChI is InChI=1S/C81H153NO5/c1-3-5-7-9-11-13-15-17-19-20-21-22-23-33-36-39-42-46-49-53-57-61-65-69-73-79(84)78(77-83)82-80(85)74-70-66-62-58-54-50-47-43-40-37-34-31-29-27-25-24-26-28-30-32-35-38-41-44-48-52-56-60-64-68-72-76-87-81(86)75-71-67-63-59-55-51-45-18-16-14-12-10-8-6-4-2/h18,26,28,32,35,45,69,73,78-79,83-84H,3-17,19-25,27,29-31,33-34,36-44,46-68,70-72,74-77H2,1-2H3,(H,82,85)/b28-26-,35-32-,45-18-,73-69+. The van der Waals surface area contributed by atoms with E-state index in [9.17, 15) is 19.8 Å². The van der Waals surface area contributed by atoms with Crippen molar-refractivity contribution in [3.8, 4) is 0 Å². The predicted molar refractivity (Wildman–Crippen MR) is 384 cm³/mol. The first-order chi connectivity index (χ1) is 43.0. The summed E-state index contributed by atoms with van der Waals surface area (Å²) >= 11 is 0. The van der Waals surface area contributed by atoms with Crippen molar-refractivity contribution in [3.63, 3.8) is 0 Å². The lowest BCUT2D eigenvalue weighted by Gasteiger charge is -2.20. The van der Waals surface area contributed by atoms with E-state index in [4.69, 9.17) is 4.74 Å². The number of amides is 1. The molecule has 6 nitrogen and oxygen atoms in total. The highest BCUT2D eigenvalue weighted by atomic mass is 16.5. The van der Waals surface area contributed by atoms with Crippen molar-refractivity contribution in [2.24, 2.45) is 0 Å². The summed E-state index contributed by atoms with van der Waals surface area (Å²) in [6.07, 6.45) is 101. The Morgan fingerprint density at radius 3 is 0.885 bits per heavy atom. The molecule has 6 heteroatoms. The number of aliphatic hydroxyl groups excluding tert-OH is 2. The van der Waals surface area contributed by atoms with Gasteiger partial charge in [0, 0.05) is 12.8 Å². The van der Waals surface area contributed by atoms with E-state index in [1.807, 2.05) is 6.08 Å². The number of rotatable bonds is 74. The molecule has 0 spiro atoms. The van der Waals surface area contributed by atoms with E-state index in [2.05, 4.69) is 55.6 Å². The largest absolute Gasteiger partial charge is 0.466 e. The Labute approximate surface area is 544 Å². The normalized spacial score (nSPS) is 12.7. The van der Waals surface area contributed by atoms with Crippen LogP contribution in [-0.4, -0.2) is 47.4 Å². The summed E-state index contributed by atoms with van der Waals surface area (Å²) in [5, 5.41) is 23.3. The zero-order chi connectivity index (χ0) is 62.8. The second-order valence-corrected chi connectivity index (χ2v) is 27.0. The van der Waals surface area contributed by atoms with Gasteiger partial charge in [0.25, 0.3) is 0 Å². The van der Waals surface area contributed by atoms with Crippen molar-refractivity contribution in [1.29, 1.82) is 0 Å². The zero-order valence-electron chi connectivity index (χ0n) is 58.8. The Morgan fingerprint density at radius 1 is 0.322 bits per heavy atom. The summed E-state index contributed by atoms with van der Waals surface area (Å²) in [5.41, 5.74) is 0. The van der Waals surface area contributed by atoms with Crippen LogP contribution in [0.1, 0.15) is 431 Å². The Balaban J connectivity index is 3.42. The third-order valence-corrected chi connectivity index (χ3v) is 18.3. The van der Waals surface area contributed by atoms with Gasteiger partial charge in [-0.3, -0.25) is 9.59 Å².